The maximum absolute atomic E-state index is 10.8. The largest absolute Gasteiger partial charge is 0.481 e. The van der Waals surface area contributed by atoms with Crippen LogP contribution < -0.4 is 0 Å². The number of aryl methyl sites for hydroxylation is 1. The molecule has 2 nitrogen and oxygen atoms in total. The van der Waals surface area contributed by atoms with Gasteiger partial charge in [-0.25, -0.2) is 0 Å². The zero-order chi connectivity index (χ0) is 12.5. The van der Waals surface area contributed by atoms with Crippen molar-refractivity contribution in [1.29, 1.82) is 0 Å². The first-order chi connectivity index (χ1) is 8.74. The highest BCUT2D eigenvalue weighted by Gasteiger charge is 2.14. The Hall–Kier alpha value is -2.09. The molecule has 0 amide bonds. The fraction of sp³-hybridized carbons (Fsp3) is 0.188. The molecule has 0 bridgehead atoms. The van der Waals surface area contributed by atoms with Crippen molar-refractivity contribution in [3.63, 3.8) is 0 Å². The first-order valence-electron chi connectivity index (χ1n) is 6.16. The lowest BCUT2D eigenvalue weighted by atomic mass is 9.87. The molecule has 0 radical (unpaired) electrons. The van der Waals surface area contributed by atoms with Crippen molar-refractivity contribution in [2.45, 2.75) is 19.3 Å². The molecular weight excluding hydrogens is 224 g/mol. The average molecular weight is 238 g/mol. The zero-order valence-corrected chi connectivity index (χ0v) is 10.0. The third-order valence-corrected chi connectivity index (χ3v) is 3.51. The molecule has 18 heavy (non-hydrogen) atoms. The highest BCUT2D eigenvalue weighted by Crippen LogP contribution is 2.31. The Morgan fingerprint density at radius 3 is 2.78 bits per heavy atom. The van der Waals surface area contributed by atoms with E-state index in [4.69, 9.17) is 5.11 Å². The van der Waals surface area contributed by atoms with Crippen LogP contribution in [0, 0.1) is 0 Å². The SMILES string of the molecule is O=C(O)CC1=Cc2ccc3ccccc3c2CC1. The van der Waals surface area contributed by atoms with Crippen LogP contribution in [-0.2, 0) is 11.2 Å². The summed E-state index contributed by atoms with van der Waals surface area (Å²) in [6, 6.07) is 12.6. The minimum atomic E-state index is -0.745. The molecule has 90 valence electrons. The second-order valence-electron chi connectivity index (χ2n) is 4.73. The van der Waals surface area contributed by atoms with E-state index >= 15 is 0 Å². The van der Waals surface area contributed by atoms with Gasteiger partial charge >= 0.3 is 5.97 Å². The Labute approximate surface area is 106 Å². The predicted octanol–water partition coefficient (Wildman–Crippen LogP) is 3.64. The summed E-state index contributed by atoms with van der Waals surface area (Å²) in [4.78, 5) is 10.8. The monoisotopic (exact) mass is 238 g/mol. The summed E-state index contributed by atoms with van der Waals surface area (Å²) < 4.78 is 0. The van der Waals surface area contributed by atoms with Crippen molar-refractivity contribution >= 4 is 22.8 Å². The number of carboxylic acids is 1. The van der Waals surface area contributed by atoms with Gasteiger partial charge in [-0.05, 0) is 34.7 Å². The van der Waals surface area contributed by atoms with Crippen molar-refractivity contribution in [1.82, 2.24) is 0 Å². The maximum atomic E-state index is 10.8. The molecule has 0 atom stereocenters. The Kier molecular flexibility index (Phi) is 2.63. The lowest BCUT2D eigenvalue weighted by molar-refractivity contribution is -0.136. The molecular formula is C16H14O2. The van der Waals surface area contributed by atoms with Crippen LogP contribution in [0.4, 0.5) is 0 Å². The van der Waals surface area contributed by atoms with Gasteiger partial charge in [0.05, 0.1) is 6.42 Å². The normalized spacial score (nSPS) is 14.1. The highest BCUT2D eigenvalue weighted by atomic mass is 16.4. The van der Waals surface area contributed by atoms with E-state index in [9.17, 15) is 4.79 Å². The van der Waals surface area contributed by atoms with Crippen molar-refractivity contribution in [2.75, 3.05) is 0 Å². The third kappa shape index (κ3) is 1.90. The van der Waals surface area contributed by atoms with E-state index in [2.05, 4.69) is 30.3 Å². The number of carboxylic acid groups (broad SMARTS) is 1. The van der Waals surface area contributed by atoms with Gasteiger partial charge < -0.3 is 5.11 Å². The zero-order valence-electron chi connectivity index (χ0n) is 10.0. The third-order valence-electron chi connectivity index (χ3n) is 3.51. The molecule has 0 unspecified atom stereocenters. The van der Waals surface area contributed by atoms with Gasteiger partial charge in [0.1, 0.15) is 0 Å². The van der Waals surface area contributed by atoms with E-state index in [1.165, 1.54) is 21.9 Å². The Morgan fingerprint density at radius 2 is 1.94 bits per heavy atom. The number of rotatable bonds is 2. The first-order valence-corrected chi connectivity index (χ1v) is 6.16. The molecule has 0 fully saturated rings. The van der Waals surface area contributed by atoms with Crippen molar-refractivity contribution < 1.29 is 9.90 Å². The molecule has 0 aromatic heterocycles. The second kappa shape index (κ2) is 4.30. The van der Waals surface area contributed by atoms with Gasteiger partial charge in [0.25, 0.3) is 0 Å². The van der Waals surface area contributed by atoms with Gasteiger partial charge in [-0.15, -0.1) is 0 Å². The molecule has 2 heteroatoms. The van der Waals surface area contributed by atoms with Crippen LogP contribution in [0.25, 0.3) is 16.8 Å². The summed E-state index contributed by atoms with van der Waals surface area (Å²) in [5.41, 5.74) is 3.55. The number of hydrogen-bond donors (Lipinski definition) is 1. The van der Waals surface area contributed by atoms with Gasteiger partial charge in [0.15, 0.2) is 0 Å². The summed E-state index contributed by atoms with van der Waals surface area (Å²) >= 11 is 0. The number of aliphatic carboxylic acids is 1. The summed E-state index contributed by atoms with van der Waals surface area (Å²) in [6.45, 7) is 0. The van der Waals surface area contributed by atoms with Crippen LogP contribution in [-0.4, -0.2) is 11.1 Å². The molecule has 1 aliphatic rings. The number of hydrogen-bond acceptors (Lipinski definition) is 1. The summed E-state index contributed by atoms with van der Waals surface area (Å²) in [7, 11) is 0. The Balaban J connectivity index is 2.10. The van der Waals surface area contributed by atoms with Crippen LogP contribution in [0.1, 0.15) is 24.0 Å². The van der Waals surface area contributed by atoms with Crippen LogP contribution in [0.5, 0.6) is 0 Å². The number of carbonyl (C=O) groups is 1. The molecule has 1 aliphatic carbocycles. The molecule has 0 aliphatic heterocycles. The highest BCUT2D eigenvalue weighted by molar-refractivity contribution is 5.90. The quantitative estimate of drug-likeness (QED) is 0.867. The molecule has 2 aromatic carbocycles. The summed E-state index contributed by atoms with van der Waals surface area (Å²) in [5.74, 6) is -0.745. The van der Waals surface area contributed by atoms with Crippen molar-refractivity contribution in [3.8, 4) is 0 Å². The Morgan fingerprint density at radius 1 is 1.11 bits per heavy atom. The second-order valence-corrected chi connectivity index (χ2v) is 4.73. The van der Waals surface area contributed by atoms with Gasteiger partial charge in [0.2, 0.25) is 0 Å². The predicted molar refractivity (Wildman–Crippen MR) is 72.5 cm³/mol. The fourth-order valence-electron chi connectivity index (χ4n) is 2.68. The first kappa shape index (κ1) is 11.0. The van der Waals surface area contributed by atoms with Crippen molar-refractivity contribution in [3.05, 3.63) is 53.1 Å². The van der Waals surface area contributed by atoms with Crippen LogP contribution in [0.3, 0.4) is 0 Å². The van der Waals surface area contributed by atoms with E-state index in [0.29, 0.717) is 0 Å². The lowest BCUT2D eigenvalue weighted by Crippen LogP contribution is -2.04. The molecule has 3 rings (SSSR count). The van der Waals surface area contributed by atoms with E-state index in [1.807, 2.05) is 12.1 Å². The average Bonchev–Trinajstić information content (AvgIpc) is 2.37. The minimum absolute atomic E-state index is 0.159. The number of fused-ring (bicyclic) bond motifs is 3. The van der Waals surface area contributed by atoms with Gasteiger partial charge in [0, 0.05) is 0 Å². The summed E-state index contributed by atoms with van der Waals surface area (Å²) in [6.07, 6.45) is 3.99. The molecule has 0 saturated carbocycles. The standard InChI is InChI=1S/C16H14O2/c17-16(18)10-11-5-8-15-13(9-11)7-6-12-3-1-2-4-14(12)15/h1-4,6-7,9H,5,8,10H2,(H,17,18). The molecule has 2 aromatic rings. The summed E-state index contributed by atoms with van der Waals surface area (Å²) in [5, 5.41) is 11.4. The van der Waals surface area contributed by atoms with Crippen LogP contribution in [0.2, 0.25) is 0 Å². The van der Waals surface area contributed by atoms with Crippen LogP contribution >= 0.6 is 0 Å². The smallest absolute Gasteiger partial charge is 0.307 e. The Bertz CT molecular complexity index is 653. The van der Waals surface area contributed by atoms with E-state index in [-0.39, 0.29) is 6.42 Å². The lowest BCUT2D eigenvalue weighted by Gasteiger charge is -2.17. The van der Waals surface area contributed by atoms with Crippen molar-refractivity contribution in [2.24, 2.45) is 0 Å². The van der Waals surface area contributed by atoms with E-state index in [1.54, 1.807) is 0 Å². The maximum Gasteiger partial charge on any atom is 0.307 e. The topological polar surface area (TPSA) is 37.3 Å². The van der Waals surface area contributed by atoms with E-state index in [0.717, 1.165) is 18.4 Å². The van der Waals surface area contributed by atoms with Gasteiger partial charge in [-0.3, -0.25) is 4.79 Å². The number of benzene rings is 2. The molecule has 0 heterocycles. The van der Waals surface area contributed by atoms with Crippen LogP contribution in [0.15, 0.2) is 42.0 Å². The van der Waals surface area contributed by atoms with Gasteiger partial charge in [-0.1, -0.05) is 48.0 Å². The molecule has 1 N–H and O–H groups in total. The minimum Gasteiger partial charge on any atom is -0.481 e. The molecule has 0 saturated heterocycles. The van der Waals surface area contributed by atoms with E-state index < -0.39 is 5.97 Å². The van der Waals surface area contributed by atoms with Gasteiger partial charge in [-0.2, -0.15) is 0 Å². The molecule has 0 spiro atoms. The fourth-order valence-corrected chi connectivity index (χ4v) is 2.68.